The molecule has 23 heavy (non-hydrogen) atoms. The molecule has 0 bridgehead atoms. The Morgan fingerprint density at radius 3 is 2.30 bits per heavy atom. The number of aliphatic imine (C=N–C) groups is 1. The molecule has 2 rings (SSSR count). The molecule has 0 aliphatic heterocycles. The highest BCUT2D eigenvalue weighted by Crippen LogP contribution is 2.20. The van der Waals surface area contributed by atoms with Crippen LogP contribution in [0.15, 0.2) is 93.7 Å². The monoisotopic (exact) mass is 304 g/mol. The van der Waals surface area contributed by atoms with Crippen molar-refractivity contribution in [1.82, 2.24) is 0 Å². The zero-order valence-corrected chi connectivity index (χ0v) is 13.3. The van der Waals surface area contributed by atoms with Crippen molar-refractivity contribution < 1.29 is 0 Å². The van der Waals surface area contributed by atoms with Gasteiger partial charge in [0.2, 0.25) is 0 Å². The second-order valence-electron chi connectivity index (χ2n) is 4.74. The summed E-state index contributed by atoms with van der Waals surface area (Å²) < 4.78 is 0. The lowest BCUT2D eigenvalue weighted by molar-refractivity contribution is 1.19. The van der Waals surface area contributed by atoms with Gasteiger partial charge in [0.1, 0.15) is 5.70 Å². The van der Waals surface area contributed by atoms with E-state index in [1.54, 1.807) is 13.3 Å². The molecular weight excluding hydrogens is 284 g/mol. The molecule has 0 aliphatic carbocycles. The van der Waals surface area contributed by atoms with Gasteiger partial charge in [-0.3, -0.25) is 4.99 Å². The minimum atomic E-state index is 0.706. The first-order valence-corrected chi connectivity index (χ1v) is 7.41. The van der Waals surface area contributed by atoms with E-state index in [1.165, 1.54) is 0 Å². The maximum atomic E-state index is 4.23. The first kappa shape index (κ1) is 16.4. The molecule has 0 fully saturated rings. The smallest absolute Gasteiger partial charge is 0.103 e. The number of allylic oxidation sites excluding steroid dienone is 4. The van der Waals surface area contributed by atoms with E-state index in [9.17, 15) is 0 Å². The predicted octanol–water partition coefficient (Wildman–Crippen LogP) is 5.67. The normalized spacial score (nSPS) is 12.5. The molecule has 0 spiro atoms. The maximum absolute atomic E-state index is 4.23. The molecule has 1 N–H and O–H groups in total. The fourth-order valence-electron chi connectivity index (χ4n) is 1.84. The van der Waals surface area contributed by atoms with Crippen molar-refractivity contribution >= 4 is 23.3 Å². The summed E-state index contributed by atoms with van der Waals surface area (Å²) in [6.45, 7) is 1.95. The van der Waals surface area contributed by atoms with Gasteiger partial charge < -0.3 is 5.32 Å². The molecule has 0 unspecified atom stereocenters. The highest BCUT2D eigenvalue weighted by atomic mass is 15.1. The van der Waals surface area contributed by atoms with Crippen LogP contribution in [0.1, 0.15) is 6.92 Å². The van der Waals surface area contributed by atoms with Crippen molar-refractivity contribution in [3.8, 4) is 0 Å². The first-order valence-electron chi connectivity index (χ1n) is 7.41. The van der Waals surface area contributed by atoms with E-state index in [2.05, 4.69) is 20.5 Å². The van der Waals surface area contributed by atoms with Crippen molar-refractivity contribution in [1.29, 1.82) is 0 Å². The van der Waals surface area contributed by atoms with Gasteiger partial charge in [0, 0.05) is 24.6 Å². The summed E-state index contributed by atoms with van der Waals surface area (Å²) >= 11 is 0. The Kier molecular flexibility index (Phi) is 6.47. The zero-order chi connectivity index (χ0) is 16.3. The van der Waals surface area contributed by atoms with Crippen molar-refractivity contribution in [2.24, 2.45) is 15.2 Å². The van der Waals surface area contributed by atoms with Crippen LogP contribution in [0.2, 0.25) is 0 Å². The van der Waals surface area contributed by atoms with Gasteiger partial charge in [0.25, 0.3) is 0 Å². The van der Waals surface area contributed by atoms with Crippen LogP contribution in [-0.2, 0) is 0 Å². The lowest BCUT2D eigenvalue weighted by atomic mass is 10.2. The number of anilines is 2. The minimum Gasteiger partial charge on any atom is -0.356 e. The van der Waals surface area contributed by atoms with E-state index in [0.29, 0.717) is 5.70 Å². The van der Waals surface area contributed by atoms with Gasteiger partial charge in [-0.15, -0.1) is 5.11 Å². The number of nitrogens with one attached hydrogen (secondary N) is 1. The first-order chi connectivity index (χ1) is 11.3. The number of benzene rings is 2. The molecular formula is C19H20N4. The van der Waals surface area contributed by atoms with Crippen LogP contribution in [0.3, 0.4) is 0 Å². The highest BCUT2D eigenvalue weighted by Gasteiger charge is 1.95. The average Bonchev–Trinajstić information content (AvgIpc) is 2.59. The maximum Gasteiger partial charge on any atom is 0.103 e. The molecule has 0 saturated heterocycles. The van der Waals surface area contributed by atoms with Crippen molar-refractivity contribution in [2.75, 3.05) is 12.4 Å². The molecule has 0 radical (unpaired) electrons. The molecule has 4 heteroatoms. The molecule has 0 aromatic heterocycles. The fraction of sp³-hybridized carbons (Fsp3) is 0.105. The predicted molar refractivity (Wildman–Crippen MR) is 98.0 cm³/mol. The summed E-state index contributed by atoms with van der Waals surface area (Å²) in [6, 6.07) is 17.8. The standard InChI is InChI=1S/C19H20N4/c1-3-4-8-19(15-20-2)23-22-18-13-11-17(12-14-18)21-16-9-6-5-7-10-16/h3-15,21H,1-2H3/b4-3-,19-8+,20-15?,23-22?. The van der Waals surface area contributed by atoms with E-state index < -0.39 is 0 Å². The molecule has 0 aliphatic rings. The Labute approximate surface area is 137 Å². The topological polar surface area (TPSA) is 49.1 Å². The SMILES string of the molecule is C/C=C\C=C(/C=NC)N=Nc1ccc(Nc2ccccc2)cc1. The number of azo groups is 1. The summed E-state index contributed by atoms with van der Waals surface area (Å²) in [5.74, 6) is 0. The van der Waals surface area contributed by atoms with Crippen molar-refractivity contribution in [2.45, 2.75) is 6.92 Å². The van der Waals surface area contributed by atoms with E-state index in [4.69, 9.17) is 0 Å². The average molecular weight is 304 g/mol. The van der Waals surface area contributed by atoms with Gasteiger partial charge in [-0.25, -0.2) is 0 Å². The molecule has 2 aromatic carbocycles. The third-order valence-corrected chi connectivity index (χ3v) is 2.93. The van der Waals surface area contributed by atoms with Crippen LogP contribution in [-0.4, -0.2) is 13.3 Å². The largest absolute Gasteiger partial charge is 0.356 e. The second-order valence-corrected chi connectivity index (χ2v) is 4.74. The Balaban J connectivity index is 2.05. The molecule has 116 valence electrons. The molecule has 4 nitrogen and oxygen atoms in total. The molecule has 0 saturated carbocycles. The van der Waals surface area contributed by atoms with Gasteiger partial charge in [-0.05, 0) is 49.4 Å². The van der Waals surface area contributed by atoms with Gasteiger partial charge in [-0.1, -0.05) is 30.4 Å². The van der Waals surface area contributed by atoms with Crippen LogP contribution in [0.5, 0.6) is 0 Å². The number of hydrogen-bond acceptors (Lipinski definition) is 4. The summed E-state index contributed by atoms with van der Waals surface area (Å²) in [5, 5.41) is 11.8. The number of para-hydroxylation sites is 1. The third kappa shape index (κ3) is 5.71. The van der Waals surface area contributed by atoms with Gasteiger partial charge >= 0.3 is 0 Å². The van der Waals surface area contributed by atoms with Gasteiger partial charge in [0.05, 0.1) is 5.69 Å². The lowest BCUT2D eigenvalue weighted by Crippen LogP contribution is -1.88. The number of nitrogens with zero attached hydrogens (tertiary/aromatic N) is 3. The highest BCUT2D eigenvalue weighted by molar-refractivity contribution is 5.78. The molecule has 0 amide bonds. The van der Waals surface area contributed by atoms with Crippen LogP contribution in [0.4, 0.5) is 17.1 Å². The summed E-state index contributed by atoms with van der Waals surface area (Å²) in [5.41, 5.74) is 3.56. The van der Waals surface area contributed by atoms with E-state index in [-0.39, 0.29) is 0 Å². The van der Waals surface area contributed by atoms with Gasteiger partial charge in [-0.2, -0.15) is 5.11 Å². The van der Waals surface area contributed by atoms with E-state index >= 15 is 0 Å². The lowest BCUT2D eigenvalue weighted by Gasteiger charge is -2.05. The van der Waals surface area contributed by atoms with Crippen LogP contribution < -0.4 is 5.32 Å². The van der Waals surface area contributed by atoms with Crippen LogP contribution >= 0.6 is 0 Å². The second kappa shape index (κ2) is 9.10. The fourth-order valence-corrected chi connectivity index (χ4v) is 1.84. The third-order valence-electron chi connectivity index (χ3n) is 2.93. The quantitative estimate of drug-likeness (QED) is 0.417. The Morgan fingerprint density at radius 2 is 1.65 bits per heavy atom. The van der Waals surface area contributed by atoms with Crippen molar-refractivity contribution in [3.63, 3.8) is 0 Å². The van der Waals surface area contributed by atoms with Crippen LogP contribution in [0.25, 0.3) is 0 Å². The molecule has 0 heterocycles. The Morgan fingerprint density at radius 1 is 0.957 bits per heavy atom. The summed E-state index contributed by atoms with van der Waals surface area (Å²) in [7, 11) is 1.71. The van der Waals surface area contributed by atoms with Gasteiger partial charge in [0.15, 0.2) is 0 Å². The van der Waals surface area contributed by atoms with Crippen LogP contribution in [0, 0.1) is 0 Å². The summed E-state index contributed by atoms with van der Waals surface area (Å²) in [6.07, 6.45) is 7.38. The zero-order valence-electron chi connectivity index (χ0n) is 13.3. The Hall–Kier alpha value is -3.01. The molecule has 0 atom stereocenters. The molecule has 2 aromatic rings. The van der Waals surface area contributed by atoms with E-state index in [1.807, 2.05) is 79.7 Å². The minimum absolute atomic E-state index is 0.706. The number of rotatable bonds is 6. The van der Waals surface area contributed by atoms with E-state index in [0.717, 1.165) is 17.1 Å². The number of hydrogen-bond donors (Lipinski definition) is 1. The Bertz CT molecular complexity index is 711. The van der Waals surface area contributed by atoms with Crippen molar-refractivity contribution in [3.05, 3.63) is 78.5 Å². The summed E-state index contributed by atoms with van der Waals surface area (Å²) in [4.78, 5) is 3.97.